The third kappa shape index (κ3) is 5.41. The van der Waals surface area contributed by atoms with Crippen molar-refractivity contribution in [3.8, 4) is 16.9 Å². The third-order valence-corrected chi connectivity index (χ3v) is 5.45. The average molecular weight is 449 g/mol. The van der Waals surface area contributed by atoms with Gasteiger partial charge >= 0.3 is 12.5 Å². The van der Waals surface area contributed by atoms with E-state index < -0.39 is 23.9 Å². The van der Waals surface area contributed by atoms with Crippen LogP contribution in [0.4, 0.5) is 18.0 Å². The Hall–Kier alpha value is -3.03. The Kier molecular flexibility index (Phi) is 6.81. The maximum Gasteiger partial charge on any atom is 0.573 e. The van der Waals surface area contributed by atoms with Crippen LogP contribution in [-0.4, -0.2) is 29.9 Å². The number of rotatable bonds is 6. The fourth-order valence-corrected chi connectivity index (χ4v) is 3.73. The Balaban J connectivity index is 1.79. The molecule has 1 saturated heterocycles. The van der Waals surface area contributed by atoms with Crippen molar-refractivity contribution in [3.63, 3.8) is 0 Å². The highest BCUT2D eigenvalue weighted by Gasteiger charge is 2.49. The summed E-state index contributed by atoms with van der Waals surface area (Å²) in [5.74, 6) is -0.560. The van der Waals surface area contributed by atoms with Gasteiger partial charge in [0.25, 0.3) is 0 Å². The van der Waals surface area contributed by atoms with Crippen LogP contribution in [0.1, 0.15) is 51.6 Å². The van der Waals surface area contributed by atoms with Crippen LogP contribution in [0, 0.1) is 5.41 Å². The Labute approximate surface area is 185 Å². The molecule has 0 N–H and O–H groups in total. The molecule has 172 valence electrons. The van der Waals surface area contributed by atoms with E-state index in [1.54, 1.807) is 13.8 Å². The van der Waals surface area contributed by atoms with Gasteiger partial charge in [-0.2, -0.15) is 0 Å². The minimum atomic E-state index is -4.74. The van der Waals surface area contributed by atoms with E-state index in [-0.39, 0.29) is 18.3 Å². The summed E-state index contributed by atoms with van der Waals surface area (Å²) in [6, 6.07) is 12.4. The molecule has 0 aromatic heterocycles. The number of amides is 2. The number of imide groups is 1. The number of alkyl halides is 3. The second-order valence-electron chi connectivity index (χ2n) is 8.44. The van der Waals surface area contributed by atoms with Crippen molar-refractivity contribution >= 4 is 12.0 Å². The van der Waals surface area contributed by atoms with Gasteiger partial charge in [0, 0.05) is 5.41 Å². The molecule has 5 nitrogen and oxygen atoms in total. The summed E-state index contributed by atoms with van der Waals surface area (Å²) in [4.78, 5) is 26.7. The highest BCUT2D eigenvalue weighted by atomic mass is 19.4. The zero-order valence-corrected chi connectivity index (χ0v) is 18.2. The van der Waals surface area contributed by atoms with Crippen molar-refractivity contribution in [2.45, 2.75) is 52.4 Å². The number of benzene rings is 2. The van der Waals surface area contributed by atoms with Gasteiger partial charge in [0.1, 0.15) is 5.75 Å². The van der Waals surface area contributed by atoms with Crippen LogP contribution in [-0.2, 0) is 9.53 Å². The first-order valence-electron chi connectivity index (χ1n) is 10.5. The minimum absolute atomic E-state index is 0.263. The number of ether oxygens (including phenoxy) is 2. The van der Waals surface area contributed by atoms with E-state index in [2.05, 4.69) is 4.74 Å². The second-order valence-corrected chi connectivity index (χ2v) is 8.44. The van der Waals surface area contributed by atoms with Crippen LogP contribution in [0.15, 0.2) is 48.5 Å². The molecule has 1 atom stereocenters. The first-order valence-corrected chi connectivity index (χ1v) is 10.5. The van der Waals surface area contributed by atoms with E-state index >= 15 is 0 Å². The van der Waals surface area contributed by atoms with Gasteiger partial charge in [-0.05, 0) is 41.7 Å². The lowest BCUT2D eigenvalue weighted by atomic mass is 9.88. The molecule has 32 heavy (non-hydrogen) atoms. The summed E-state index contributed by atoms with van der Waals surface area (Å²) in [6.45, 7) is 5.86. The Morgan fingerprint density at radius 2 is 1.62 bits per heavy atom. The van der Waals surface area contributed by atoms with E-state index in [4.69, 9.17) is 4.74 Å². The number of carbonyl (C=O) groups is 2. The molecular weight excluding hydrogens is 423 g/mol. The lowest BCUT2D eigenvalue weighted by Gasteiger charge is -2.23. The summed E-state index contributed by atoms with van der Waals surface area (Å²) in [5, 5.41) is 0. The number of hydrogen-bond donors (Lipinski definition) is 0. The lowest BCUT2D eigenvalue weighted by molar-refractivity contribution is -0.274. The molecule has 1 fully saturated rings. The largest absolute Gasteiger partial charge is 0.573 e. The zero-order chi connectivity index (χ0) is 23.5. The van der Waals surface area contributed by atoms with Crippen LogP contribution in [0.25, 0.3) is 11.1 Å². The molecule has 0 spiro atoms. The van der Waals surface area contributed by atoms with Crippen molar-refractivity contribution < 1.29 is 32.2 Å². The summed E-state index contributed by atoms with van der Waals surface area (Å²) >= 11 is 0. The number of hydrogen-bond acceptors (Lipinski definition) is 4. The molecule has 0 saturated carbocycles. The number of unbranched alkanes of at least 4 members (excludes halogenated alkanes) is 1. The van der Waals surface area contributed by atoms with Crippen molar-refractivity contribution in [3.05, 3.63) is 54.1 Å². The van der Waals surface area contributed by atoms with E-state index in [0.717, 1.165) is 24.0 Å². The Morgan fingerprint density at radius 1 is 1.06 bits per heavy atom. The van der Waals surface area contributed by atoms with E-state index in [1.165, 1.54) is 29.2 Å². The van der Waals surface area contributed by atoms with Gasteiger partial charge in [-0.25, -0.2) is 9.69 Å². The monoisotopic (exact) mass is 449 g/mol. The van der Waals surface area contributed by atoms with Crippen LogP contribution < -0.4 is 4.74 Å². The number of nitrogens with zero attached hydrogens (tertiary/aromatic N) is 1. The van der Waals surface area contributed by atoms with E-state index in [1.807, 2.05) is 31.2 Å². The summed E-state index contributed by atoms with van der Waals surface area (Å²) in [6.07, 6.45) is -3.30. The fourth-order valence-electron chi connectivity index (χ4n) is 3.73. The third-order valence-electron chi connectivity index (χ3n) is 5.45. The van der Waals surface area contributed by atoms with Gasteiger partial charge in [-0.15, -0.1) is 13.2 Å². The normalized spacial score (nSPS) is 18.0. The topological polar surface area (TPSA) is 55.8 Å². The molecule has 1 aliphatic rings. The summed E-state index contributed by atoms with van der Waals surface area (Å²) < 4.78 is 46.2. The first-order chi connectivity index (χ1) is 15.0. The lowest BCUT2D eigenvalue weighted by Crippen LogP contribution is -2.38. The molecular formula is C24H26F3NO4. The van der Waals surface area contributed by atoms with Crippen LogP contribution in [0.3, 0.4) is 0 Å². The van der Waals surface area contributed by atoms with Crippen LogP contribution in [0.5, 0.6) is 5.75 Å². The van der Waals surface area contributed by atoms with Crippen molar-refractivity contribution in [1.29, 1.82) is 0 Å². The van der Waals surface area contributed by atoms with Crippen molar-refractivity contribution in [1.82, 2.24) is 4.90 Å². The SMILES string of the molecule is CCCCOC(=O)N1C(=O)C(C)(C)CC1c1ccc(-c2ccc(OC(F)(F)F)cc2)cc1. The molecule has 1 heterocycles. The molecule has 3 rings (SSSR count). The van der Waals surface area contributed by atoms with Crippen LogP contribution >= 0.6 is 0 Å². The minimum Gasteiger partial charge on any atom is -0.449 e. The number of halogens is 3. The van der Waals surface area contributed by atoms with Crippen molar-refractivity contribution in [2.24, 2.45) is 5.41 Å². The van der Waals surface area contributed by atoms with Gasteiger partial charge in [0.05, 0.1) is 12.6 Å². The Bertz CT molecular complexity index is 953. The van der Waals surface area contributed by atoms with Gasteiger partial charge in [0.2, 0.25) is 5.91 Å². The molecule has 0 bridgehead atoms. The number of likely N-dealkylation sites (tertiary alicyclic amines) is 1. The molecule has 2 amide bonds. The maximum atomic E-state index is 12.8. The van der Waals surface area contributed by atoms with E-state index in [0.29, 0.717) is 12.0 Å². The fraction of sp³-hybridized carbons (Fsp3) is 0.417. The predicted molar refractivity (Wildman–Crippen MR) is 113 cm³/mol. The van der Waals surface area contributed by atoms with Gasteiger partial charge in [-0.1, -0.05) is 63.6 Å². The molecule has 2 aromatic rings. The zero-order valence-electron chi connectivity index (χ0n) is 18.2. The molecule has 8 heteroatoms. The molecule has 1 aliphatic heterocycles. The van der Waals surface area contributed by atoms with Gasteiger partial charge in [-0.3, -0.25) is 4.79 Å². The quantitative estimate of drug-likeness (QED) is 0.473. The standard InChI is InChI=1S/C24H26F3NO4/c1-4-5-14-31-22(30)28-20(15-23(2,3)21(28)29)18-8-6-16(7-9-18)17-10-12-19(13-11-17)32-24(25,26)27/h6-13,20H,4-5,14-15H2,1-3H3. The smallest absolute Gasteiger partial charge is 0.449 e. The summed E-state index contributed by atoms with van der Waals surface area (Å²) in [5.41, 5.74) is 1.59. The average Bonchev–Trinajstić information content (AvgIpc) is 2.97. The second kappa shape index (κ2) is 9.22. The highest BCUT2D eigenvalue weighted by molar-refractivity contribution is 5.97. The molecule has 0 radical (unpaired) electrons. The van der Waals surface area contributed by atoms with Gasteiger partial charge in [0.15, 0.2) is 0 Å². The maximum absolute atomic E-state index is 12.8. The predicted octanol–water partition coefficient (Wildman–Crippen LogP) is 6.49. The summed E-state index contributed by atoms with van der Waals surface area (Å²) in [7, 11) is 0. The molecule has 0 aliphatic carbocycles. The first kappa shape index (κ1) is 23.6. The van der Waals surface area contributed by atoms with E-state index in [9.17, 15) is 22.8 Å². The van der Waals surface area contributed by atoms with Crippen molar-refractivity contribution in [2.75, 3.05) is 6.61 Å². The Morgan fingerprint density at radius 3 is 2.16 bits per heavy atom. The molecule has 1 unspecified atom stereocenters. The molecule has 2 aromatic carbocycles. The highest BCUT2D eigenvalue weighted by Crippen LogP contribution is 2.44. The number of carbonyl (C=O) groups excluding carboxylic acids is 2. The van der Waals surface area contributed by atoms with Gasteiger partial charge < -0.3 is 9.47 Å². The van der Waals surface area contributed by atoms with Crippen LogP contribution in [0.2, 0.25) is 0 Å².